The van der Waals surface area contributed by atoms with Crippen LogP contribution in [-0.2, 0) is 19.1 Å². The van der Waals surface area contributed by atoms with E-state index in [0.29, 0.717) is 24.0 Å². The van der Waals surface area contributed by atoms with Crippen molar-refractivity contribution >= 4 is 11.9 Å². The molecular formula is C18H26O4. The van der Waals surface area contributed by atoms with Crippen LogP contribution in [0.15, 0.2) is 24.3 Å². The van der Waals surface area contributed by atoms with Gasteiger partial charge in [-0.05, 0) is 25.7 Å². The minimum absolute atomic E-state index is 0.0295. The lowest BCUT2D eigenvalue weighted by Gasteiger charge is -2.04. The van der Waals surface area contributed by atoms with E-state index in [4.69, 9.17) is 9.47 Å². The fraction of sp³-hybridized carbons (Fsp3) is 0.556. The fourth-order valence-electron chi connectivity index (χ4n) is 1.49. The molecule has 4 heteroatoms. The van der Waals surface area contributed by atoms with E-state index in [1.54, 1.807) is 0 Å². The molecule has 0 heterocycles. The SMILES string of the molecule is C=C(CCCC)C(=O)OCC#CCOC(=O)C(=C)CCCC. The minimum atomic E-state index is -0.423. The number of rotatable bonds is 10. The van der Waals surface area contributed by atoms with Gasteiger partial charge in [-0.3, -0.25) is 0 Å². The van der Waals surface area contributed by atoms with Crippen LogP contribution < -0.4 is 0 Å². The third kappa shape index (κ3) is 9.82. The van der Waals surface area contributed by atoms with Gasteiger partial charge in [0.05, 0.1) is 0 Å². The highest BCUT2D eigenvalue weighted by Gasteiger charge is 2.07. The van der Waals surface area contributed by atoms with E-state index >= 15 is 0 Å². The molecule has 0 unspecified atom stereocenters. The van der Waals surface area contributed by atoms with Crippen LogP contribution in [0, 0.1) is 11.8 Å². The van der Waals surface area contributed by atoms with Crippen molar-refractivity contribution in [1.29, 1.82) is 0 Å². The Morgan fingerprint density at radius 2 is 1.18 bits per heavy atom. The Bertz CT molecular complexity index is 411. The van der Waals surface area contributed by atoms with Crippen LogP contribution >= 0.6 is 0 Å². The van der Waals surface area contributed by atoms with Gasteiger partial charge >= 0.3 is 11.9 Å². The first-order valence-electron chi connectivity index (χ1n) is 7.68. The lowest BCUT2D eigenvalue weighted by atomic mass is 10.1. The van der Waals surface area contributed by atoms with Crippen LogP contribution in [0.1, 0.15) is 52.4 Å². The van der Waals surface area contributed by atoms with Crippen molar-refractivity contribution in [1.82, 2.24) is 0 Å². The van der Waals surface area contributed by atoms with Crippen LogP contribution in [0.25, 0.3) is 0 Å². The molecule has 0 aromatic heterocycles. The molecule has 0 saturated heterocycles. The van der Waals surface area contributed by atoms with Gasteiger partial charge in [-0.25, -0.2) is 9.59 Å². The maximum atomic E-state index is 11.5. The van der Waals surface area contributed by atoms with Gasteiger partial charge in [0.15, 0.2) is 13.2 Å². The van der Waals surface area contributed by atoms with E-state index in [9.17, 15) is 9.59 Å². The molecule has 0 bridgehead atoms. The lowest BCUT2D eigenvalue weighted by molar-refractivity contribution is -0.138. The predicted molar refractivity (Wildman–Crippen MR) is 87.0 cm³/mol. The van der Waals surface area contributed by atoms with Crippen LogP contribution in [0.3, 0.4) is 0 Å². The first-order chi connectivity index (χ1) is 10.5. The summed E-state index contributed by atoms with van der Waals surface area (Å²) in [6, 6.07) is 0. The van der Waals surface area contributed by atoms with E-state index in [0.717, 1.165) is 25.7 Å². The summed E-state index contributed by atoms with van der Waals surface area (Å²) in [4.78, 5) is 23.0. The van der Waals surface area contributed by atoms with Crippen LogP contribution in [0.4, 0.5) is 0 Å². The Morgan fingerprint density at radius 1 is 0.818 bits per heavy atom. The minimum Gasteiger partial charge on any atom is -0.449 e. The first kappa shape index (κ1) is 20.0. The Kier molecular flexibility index (Phi) is 11.5. The lowest BCUT2D eigenvalue weighted by Crippen LogP contribution is -2.08. The highest BCUT2D eigenvalue weighted by molar-refractivity contribution is 5.88. The van der Waals surface area contributed by atoms with E-state index in [-0.39, 0.29) is 13.2 Å². The molecule has 0 saturated carbocycles. The van der Waals surface area contributed by atoms with Crippen LogP contribution in [-0.4, -0.2) is 25.2 Å². The number of hydrogen-bond acceptors (Lipinski definition) is 4. The highest BCUT2D eigenvalue weighted by Crippen LogP contribution is 2.07. The number of carbonyl (C=O) groups excluding carboxylic acids is 2. The summed E-state index contributed by atoms with van der Waals surface area (Å²) in [7, 11) is 0. The van der Waals surface area contributed by atoms with Gasteiger partial charge in [-0.2, -0.15) is 0 Å². The van der Waals surface area contributed by atoms with Crippen molar-refractivity contribution in [2.75, 3.05) is 13.2 Å². The Hall–Kier alpha value is -2.02. The molecule has 0 aliphatic rings. The van der Waals surface area contributed by atoms with Crippen LogP contribution in [0.2, 0.25) is 0 Å². The van der Waals surface area contributed by atoms with Crippen molar-refractivity contribution in [3.63, 3.8) is 0 Å². The third-order valence-electron chi connectivity index (χ3n) is 2.92. The molecular weight excluding hydrogens is 280 g/mol. The van der Waals surface area contributed by atoms with Gasteiger partial charge in [0.1, 0.15) is 0 Å². The summed E-state index contributed by atoms with van der Waals surface area (Å²) in [6.07, 6.45) is 5.11. The number of hydrogen-bond donors (Lipinski definition) is 0. The smallest absolute Gasteiger partial charge is 0.334 e. The van der Waals surface area contributed by atoms with Gasteiger partial charge in [-0.1, -0.05) is 51.7 Å². The van der Waals surface area contributed by atoms with Crippen molar-refractivity contribution in [3.05, 3.63) is 24.3 Å². The number of esters is 2. The molecule has 0 aliphatic heterocycles. The topological polar surface area (TPSA) is 52.6 Å². The van der Waals surface area contributed by atoms with Crippen molar-refractivity contribution < 1.29 is 19.1 Å². The summed E-state index contributed by atoms with van der Waals surface area (Å²) < 4.78 is 9.88. The van der Waals surface area contributed by atoms with Crippen molar-refractivity contribution in [2.45, 2.75) is 52.4 Å². The van der Waals surface area contributed by atoms with Gasteiger partial charge in [0.2, 0.25) is 0 Å². The standard InChI is InChI=1S/C18H26O4/c1-5-7-11-15(3)17(19)21-13-9-10-14-22-18(20)16(4)12-8-6-2/h3-8,11-14H2,1-2H3. The molecule has 0 N–H and O–H groups in total. The highest BCUT2D eigenvalue weighted by atomic mass is 16.5. The van der Waals surface area contributed by atoms with Gasteiger partial charge in [0.25, 0.3) is 0 Å². The summed E-state index contributed by atoms with van der Waals surface area (Å²) >= 11 is 0. The van der Waals surface area contributed by atoms with E-state index < -0.39 is 11.9 Å². The normalized spacial score (nSPS) is 9.36. The predicted octanol–water partition coefficient (Wildman–Crippen LogP) is 3.57. The number of carbonyl (C=O) groups is 2. The second kappa shape index (κ2) is 12.7. The van der Waals surface area contributed by atoms with E-state index in [1.165, 1.54) is 0 Å². The molecule has 0 atom stereocenters. The molecule has 0 aliphatic carbocycles. The van der Waals surface area contributed by atoms with E-state index in [2.05, 4.69) is 25.0 Å². The Balaban J connectivity index is 3.85. The number of ether oxygens (including phenoxy) is 2. The van der Waals surface area contributed by atoms with E-state index in [1.807, 2.05) is 13.8 Å². The van der Waals surface area contributed by atoms with Crippen molar-refractivity contribution in [3.8, 4) is 11.8 Å². The zero-order valence-corrected chi connectivity index (χ0v) is 13.7. The van der Waals surface area contributed by atoms with Gasteiger partial charge < -0.3 is 9.47 Å². The van der Waals surface area contributed by atoms with Crippen molar-refractivity contribution in [2.24, 2.45) is 0 Å². The van der Waals surface area contributed by atoms with Crippen LogP contribution in [0.5, 0.6) is 0 Å². The van der Waals surface area contributed by atoms with Gasteiger partial charge in [0, 0.05) is 11.1 Å². The monoisotopic (exact) mass is 306 g/mol. The first-order valence-corrected chi connectivity index (χ1v) is 7.68. The fourth-order valence-corrected chi connectivity index (χ4v) is 1.49. The summed E-state index contributed by atoms with van der Waals surface area (Å²) in [5.74, 6) is 4.40. The largest absolute Gasteiger partial charge is 0.449 e. The summed E-state index contributed by atoms with van der Waals surface area (Å²) in [6.45, 7) is 11.4. The average Bonchev–Trinajstić information content (AvgIpc) is 2.52. The maximum Gasteiger partial charge on any atom is 0.334 e. The second-order valence-electron chi connectivity index (χ2n) is 4.92. The third-order valence-corrected chi connectivity index (χ3v) is 2.92. The molecule has 0 spiro atoms. The molecule has 0 fully saturated rings. The molecule has 0 radical (unpaired) electrons. The molecule has 0 amide bonds. The Labute approximate surface area is 133 Å². The average molecular weight is 306 g/mol. The molecule has 0 rings (SSSR count). The van der Waals surface area contributed by atoms with Gasteiger partial charge in [-0.15, -0.1) is 0 Å². The molecule has 4 nitrogen and oxygen atoms in total. The summed E-state index contributed by atoms with van der Waals surface area (Å²) in [5.41, 5.74) is 0.921. The zero-order valence-electron chi connectivity index (χ0n) is 13.7. The molecule has 0 aromatic carbocycles. The quantitative estimate of drug-likeness (QED) is 0.352. The number of unbranched alkanes of at least 4 members (excludes halogenated alkanes) is 2. The maximum absolute atomic E-state index is 11.5. The summed E-state index contributed by atoms with van der Waals surface area (Å²) in [5, 5.41) is 0. The molecule has 122 valence electrons. The molecule has 22 heavy (non-hydrogen) atoms. The zero-order chi connectivity index (χ0) is 16.8. The second-order valence-corrected chi connectivity index (χ2v) is 4.92. The molecule has 0 aromatic rings. The Morgan fingerprint density at radius 3 is 1.50 bits per heavy atom.